The quantitative estimate of drug-likeness (QED) is 0.457. The molecule has 3 aromatic rings. The van der Waals surface area contributed by atoms with E-state index in [0.717, 1.165) is 28.5 Å². The van der Waals surface area contributed by atoms with Crippen LogP contribution in [0.15, 0.2) is 47.8 Å². The topological polar surface area (TPSA) is 114 Å². The second kappa shape index (κ2) is 8.83. The summed E-state index contributed by atoms with van der Waals surface area (Å²) in [6.07, 6.45) is 0. The minimum atomic E-state index is -0.856. The van der Waals surface area contributed by atoms with E-state index in [-0.39, 0.29) is 11.3 Å². The van der Waals surface area contributed by atoms with Gasteiger partial charge in [0.2, 0.25) is 5.91 Å². The van der Waals surface area contributed by atoms with Crippen LogP contribution in [0, 0.1) is 24.0 Å². The molecule has 1 atom stereocenters. The Morgan fingerprint density at radius 1 is 1.17 bits per heavy atom. The number of anilines is 1. The van der Waals surface area contributed by atoms with Gasteiger partial charge in [-0.15, -0.1) is 11.3 Å². The number of aryl methyl sites for hydroxylation is 2. The van der Waals surface area contributed by atoms with E-state index in [2.05, 4.69) is 21.7 Å². The molecule has 0 spiro atoms. The van der Waals surface area contributed by atoms with Gasteiger partial charge in [0.1, 0.15) is 6.04 Å². The lowest BCUT2D eigenvalue weighted by atomic mass is 10.0. The fraction of sp³-hybridized carbons (Fsp3) is 0.190. The van der Waals surface area contributed by atoms with Gasteiger partial charge < -0.3 is 10.6 Å². The first-order valence-corrected chi connectivity index (χ1v) is 10.0. The lowest BCUT2D eigenvalue weighted by molar-refractivity contribution is -0.384. The van der Waals surface area contributed by atoms with E-state index in [1.165, 1.54) is 36.5 Å². The monoisotopic (exact) mass is 424 g/mol. The van der Waals surface area contributed by atoms with Crippen molar-refractivity contribution in [1.82, 2.24) is 10.3 Å². The molecule has 0 radical (unpaired) electrons. The highest BCUT2D eigenvalue weighted by molar-refractivity contribution is 7.14. The predicted molar refractivity (Wildman–Crippen MR) is 116 cm³/mol. The van der Waals surface area contributed by atoms with Crippen LogP contribution < -0.4 is 10.6 Å². The minimum absolute atomic E-state index is 0.107. The van der Waals surface area contributed by atoms with Crippen LogP contribution in [-0.4, -0.2) is 27.8 Å². The Morgan fingerprint density at radius 3 is 2.63 bits per heavy atom. The van der Waals surface area contributed by atoms with E-state index in [0.29, 0.717) is 5.13 Å². The van der Waals surface area contributed by atoms with Crippen LogP contribution in [0.1, 0.15) is 28.4 Å². The number of benzene rings is 2. The maximum absolute atomic E-state index is 12.4. The van der Waals surface area contributed by atoms with Gasteiger partial charge in [0.25, 0.3) is 11.6 Å². The van der Waals surface area contributed by atoms with Crippen LogP contribution in [-0.2, 0) is 4.79 Å². The summed E-state index contributed by atoms with van der Waals surface area (Å²) < 4.78 is 0. The highest BCUT2D eigenvalue weighted by Gasteiger charge is 2.19. The third-order valence-corrected chi connectivity index (χ3v) is 5.21. The van der Waals surface area contributed by atoms with Crippen molar-refractivity contribution < 1.29 is 14.5 Å². The van der Waals surface area contributed by atoms with Gasteiger partial charge in [-0.3, -0.25) is 19.7 Å². The highest BCUT2D eigenvalue weighted by Crippen LogP contribution is 2.28. The van der Waals surface area contributed by atoms with Crippen molar-refractivity contribution in [2.75, 3.05) is 5.32 Å². The molecule has 1 unspecified atom stereocenters. The standard InChI is InChI=1S/C21H20N4O4S/c1-12-7-8-17(13(2)9-12)18-11-30-21(23-18)24-19(26)14(3)22-20(27)15-5-4-6-16(10-15)25(28)29/h4-11,14H,1-3H3,(H,22,27)(H,23,24,26). The third kappa shape index (κ3) is 4.87. The summed E-state index contributed by atoms with van der Waals surface area (Å²) in [6, 6.07) is 10.5. The summed E-state index contributed by atoms with van der Waals surface area (Å²) in [4.78, 5) is 39.5. The number of thiazole rings is 1. The van der Waals surface area contributed by atoms with Crippen molar-refractivity contribution in [2.24, 2.45) is 0 Å². The number of nitrogens with zero attached hydrogens (tertiary/aromatic N) is 2. The average Bonchev–Trinajstić information content (AvgIpc) is 3.16. The maximum atomic E-state index is 12.4. The number of nitrogens with one attached hydrogen (secondary N) is 2. The highest BCUT2D eigenvalue weighted by atomic mass is 32.1. The molecule has 30 heavy (non-hydrogen) atoms. The largest absolute Gasteiger partial charge is 0.341 e. The van der Waals surface area contributed by atoms with Gasteiger partial charge in [0.15, 0.2) is 5.13 Å². The first-order chi connectivity index (χ1) is 14.2. The molecular weight excluding hydrogens is 404 g/mol. The zero-order valence-corrected chi connectivity index (χ0v) is 17.4. The van der Waals surface area contributed by atoms with Gasteiger partial charge >= 0.3 is 0 Å². The van der Waals surface area contributed by atoms with E-state index in [1.807, 2.05) is 31.4 Å². The Hall–Kier alpha value is -3.59. The molecule has 8 nitrogen and oxygen atoms in total. The summed E-state index contributed by atoms with van der Waals surface area (Å²) in [6.45, 7) is 5.56. The van der Waals surface area contributed by atoms with Crippen LogP contribution in [0.3, 0.4) is 0 Å². The Balaban J connectivity index is 1.65. The van der Waals surface area contributed by atoms with E-state index in [9.17, 15) is 19.7 Å². The van der Waals surface area contributed by atoms with Crippen molar-refractivity contribution >= 4 is 34.0 Å². The molecule has 2 N–H and O–H groups in total. The van der Waals surface area contributed by atoms with Crippen LogP contribution in [0.25, 0.3) is 11.3 Å². The van der Waals surface area contributed by atoms with Crippen molar-refractivity contribution in [2.45, 2.75) is 26.8 Å². The van der Waals surface area contributed by atoms with Gasteiger partial charge in [-0.05, 0) is 32.4 Å². The summed E-state index contributed by atoms with van der Waals surface area (Å²) >= 11 is 1.29. The first-order valence-electron chi connectivity index (χ1n) is 9.14. The smallest absolute Gasteiger partial charge is 0.270 e. The molecule has 0 aliphatic heterocycles. The molecular formula is C21H20N4O4S. The average molecular weight is 424 g/mol. The van der Waals surface area contributed by atoms with Gasteiger partial charge in [-0.1, -0.05) is 29.8 Å². The zero-order chi connectivity index (χ0) is 21.8. The van der Waals surface area contributed by atoms with Crippen LogP contribution in [0.4, 0.5) is 10.8 Å². The second-order valence-corrected chi connectivity index (χ2v) is 7.71. The lowest BCUT2D eigenvalue weighted by Gasteiger charge is -2.13. The van der Waals surface area contributed by atoms with Gasteiger partial charge in [-0.2, -0.15) is 0 Å². The number of rotatable bonds is 6. The van der Waals surface area contributed by atoms with E-state index < -0.39 is 22.8 Å². The molecule has 0 saturated carbocycles. The first kappa shape index (κ1) is 21.1. The molecule has 0 bridgehead atoms. The van der Waals surface area contributed by atoms with Crippen molar-refractivity contribution in [3.63, 3.8) is 0 Å². The summed E-state index contributed by atoms with van der Waals surface area (Å²) in [5.74, 6) is -1.01. The maximum Gasteiger partial charge on any atom is 0.270 e. The van der Waals surface area contributed by atoms with E-state index in [4.69, 9.17) is 0 Å². The number of nitro groups is 1. The number of nitro benzene ring substituents is 1. The summed E-state index contributed by atoms with van der Waals surface area (Å²) in [5.41, 5.74) is 3.92. The summed E-state index contributed by atoms with van der Waals surface area (Å²) in [5, 5.41) is 18.4. The second-order valence-electron chi connectivity index (χ2n) is 6.85. The van der Waals surface area contributed by atoms with Gasteiger partial charge in [0, 0.05) is 28.6 Å². The molecule has 0 aliphatic rings. The van der Waals surface area contributed by atoms with Gasteiger partial charge in [-0.25, -0.2) is 4.98 Å². The van der Waals surface area contributed by atoms with Crippen molar-refractivity contribution in [3.05, 3.63) is 74.6 Å². The number of carbonyl (C=O) groups is 2. The molecule has 154 valence electrons. The number of hydrogen-bond acceptors (Lipinski definition) is 6. The minimum Gasteiger partial charge on any atom is -0.341 e. The number of aromatic nitrogens is 1. The zero-order valence-electron chi connectivity index (χ0n) is 16.6. The van der Waals surface area contributed by atoms with Crippen molar-refractivity contribution in [1.29, 1.82) is 0 Å². The van der Waals surface area contributed by atoms with Crippen LogP contribution in [0.2, 0.25) is 0 Å². The fourth-order valence-corrected chi connectivity index (χ4v) is 3.59. The normalized spacial score (nSPS) is 11.6. The van der Waals surface area contributed by atoms with E-state index in [1.54, 1.807) is 0 Å². The molecule has 0 fully saturated rings. The molecule has 9 heteroatoms. The molecule has 2 amide bonds. The van der Waals surface area contributed by atoms with Crippen LogP contribution >= 0.6 is 11.3 Å². The molecule has 1 aromatic heterocycles. The molecule has 2 aromatic carbocycles. The molecule has 3 rings (SSSR count). The molecule has 1 heterocycles. The summed E-state index contributed by atoms with van der Waals surface area (Å²) in [7, 11) is 0. The number of hydrogen-bond donors (Lipinski definition) is 2. The fourth-order valence-electron chi connectivity index (χ4n) is 2.88. The van der Waals surface area contributed by atoms with Crippen molar-refractivity contribution in [3.8, 4) is 11.3 Å². The van der Waals surface area contributed by atoms with Crippen LogP contribution in [0.5, 0.6) is 0 Å². The van der Waals surface area contributed by atoms with E-state index >= 15 is 0 Å². The Morgan fingerprint density at radius 2 is 1.93 bits per heavy atom. The number of amides is 2. The lowest BCUT2D eigenvalue weighted by Crippen LogP contribution is -2.41. The Kier molecular flexibility index (Phi) is 6.22. The van der Waals surface area contributed by atoms with Gasteiger partial charge in [0.05, 0.1) is 10.6 Å². The Bertz CT molecular complexity index is 1130. The molecule has 0 saturated heterocycles. The third-order valence-electron chi connectivity index (χ3n) is 4.45. The number of non-ortho nitro benzene ring substituents is 1. The Labute approximate surface area is 177 Å². The number of carbonyl (C=O) groups excluding carboxylic acids is 2. The predicted octanol–water partition coefficient (Wildman–Crippen LogP) is 4.09. The SMILES string of the molecule is Cc1ccc(-c2csc(NC(=O)C(C)NC(=O)c3cccc([N+](=O)[O-])c3)n2)c(C)c1. The molecule has 0 aliphatic carbocycles.